The van der Waals surface area contributed by atoms with Gasteiger partial charge in [-0.3, -0.25) is 0 Å². The number of carbonyl (C=O) groups is 1. The molecule has 0 aliphatic carbocycles. The van der Waals surface area contributed by atoms with Gasteiger partial charge in [-0.25, -0.2) is 4.79 Å². The van der Waals surface area contributed by atoms with Crippen LogP contribution in [0.1, 0.15) is 12.5 Å². The molecule has 0 aliphatic heterocycles. The number of carbonyl (C=O) groups excluding carboxylic acids is 1. The van der Waals surface area contributed by atoms with E-state index in [1.54, 1.807) is 19.1 Å². The van der Waals surface area contributed by atoms with E-state index in [1.807, 2.05) is 0 Å². The molecule has 0 heterocycles. The molecule has 0 aromatic heterocycles. The average Bonchev–Trinajstić information content (AvgIpc) is 2.17. The third-order valence-electron chi connectivity index (χ3n) is 1.70. The molecule has 1 aromatic rings. The second kappa shape index (κ2) is 5.41. The van der Waals surface area contributed by atoms with E-state index in [0.717, 1.165) is 0 Å². The second-order valence-electron chi connectivity index (χ2n) is 2.76. The van der Waals surface area contributed by atoms with Crippen LogP contribution in [0.4, 0.5) is 0 Å². The van der Waals surface area contributed by atoms with Crippen LogP contribution in [0.5, 0.6) is 5.75 Å². The number of hydrogen-bond acceptors (Lipinski definition) is 3. The maximum Gasteiger partial charge on any atom is 0.330 e. The molecule has 1 aromatic carbocycles. The standard InChI is InChI=1S/C11H11ClO3/c1-2-15-11(14)7-6-8-9(12)4-3-5-10(8)13/h3-7,13H,2H2,1H3. The molecule has 0 spiro atoms. The number of halogens is 1. The van der Waals surface area contributed by atoms with Gasteiger partial charge in [-0.15, -0.1) is 0 Å². The minimum absolute atomic E-state index is 0.0306. The van der Waals surface area contributed by atoms with Gasteiger partial charge in [0.05, 0.1) is 11.6 Å². The summed E-state index contributed by atoms with van der Waals surface area (Å²) in [6.07, 6.45) is 2.65. The van der Waals surface area contributed by atoms with Crippen LogP contribution in [0, 0.1) is 0 Å². The summed E-state index contributed by atoms with van der Waals surface area (Å²) in [5.74, 6) is -0.431. The molecule has 0 unspecified atom stereocenters. The number of phenols is 1. The Bertz CT molecular complexity index is 365. The Morgan fingerprint density at radius 2 is 2.33 bits per heavy atom. The first-order valence-electron chi connectivity index (χ1n) is 4.47. The number of ether oxygens (including phenoxy) is 1. The SMILES string of the molecule is CCOC(=O)C=Cc1c(O)cccc1Cl. The molecule has 0 atom stereocenters. The molecule has 0 bridgehead atoms. The van der Waals surface area contributed by atoms with Crippen LogP contribution in [-0.2, 0) is 9.53 Å². The molecular weight excluding hydrogens is 216 g/mol. The first-order valence-corrected chi connectivity index (χ1v) is 4.85. The number of hydrogen-bond donors (Lipinski definition) is 1. The van der Waals surface area contributed by atoms with Crippen LogP contribution < -0.4 is 0 Å². The van der Waals surface area contributed by atoms with Crippen molar-refractivity contribution < 1.29 is 14.6 Å². The van der Waals surface area contributed by atoms with E-state index in [-0.39, 0.29) is 5.75 Å². The Balaban J connectivity index is 2.84. The summed E-state index contributed by atoms with van der Waals surface area (Å²) >= 11 is 5.83. The van der Waals surface area contributed by atoms with Crippen LogP contribution in [0.25, 0.3) is 6.08 Å². The van der Waals surface area contributed by atoms with E-state index in [1.165, 1.54) is 18.2 Å². The summed E-state index contributed by atoms with van der Waals surface area (Å²) in [7, 11) is 0. The minimum Gasteiger partial charge on any atom is -0.507 e. The van der Waals surface area contributed by atoms with Gasteiger partial charge in [0.2, 0.25) is 0 Å². The van der Waals surface area contributed by atoms with Crippen molar-refractivity contribution >= 4 is 23.6 Å². The number of aromatic hydroxyl groups is 1. The fourth-order valence-electron chi connectivity index (χ4n) is 1.03. The summed E-state index contributed by atoms with van der Waals surface area (Å²) in [4.78, 5) is 11.0. The van der Waals surface area contributed by atoms with E-state index in [0.29, 0.717) is 17.2 Å². The highest BCUT2D eigenvalue weighted by Gasteiger charge is 2.02. The van der Waals surface area contributed by atoms with Crippen molar-refractivity contribution in [3.8, 4) is 5.75 Å². The van der Waals surface area contributed by atoms with E-state index in [2.05, 4.69) is 0 Å². The lowest BCUT2D eigenvalue weighted by molar-refractivity contribution is -0.137. The van der Waals surface area contributed by atoms with Crippen LogP contribution in [0.3, 0.4) is 0 Å². The lowest BCUT2D eigenvalue weighted by Crippen LogP contribution is -1.98. The lowest BCUT2D eigenvalue weighted by atomic mass is 10.2. The van der Waals surface area contributed by atoms with Crippen molar-refractivity contribution in [3.05, 3.63) is 34.9 Å². The lowest BCUT2D eigenvalue weighted by Gasteiger charge is -2.01. The van der Waals surface area contributed by atoms with Gasteiger partial charge in [-0.05, 0) is 25.1 Å². The van der Waals surface area contributed by atoms with Crippen LogP contribution in [0.15, 0.2) is 24.3 Å². The van der Waals surface area contributed by atoms with Gasteiger partial charge in [0, 0.05) is 11.6 Å². The van der Waals surface area contributed by atoms with Crippen LogP contribution in [-0.4, -0.2) is 17.7 Å². The zero-order chi connectivity index (χ0) is 11.3. The third-order valence-corrected chi connectivity index (χ3v) is 2.03. The average molecular weight is 227 g/mol. The Morgan fingerprint density at radius 1 is 1.60 bits per heavy atom. The minimum atomic E-state index is -0.461. The predicted octanol–water partition coefficient (Wildman–Crippen LogP) is 2.62. The highest BCUT2D eigenvalue weighted by molar-refractivity contribution is 6.32. The molecule has 4 heteroatoms. The quantitative estimate of drug-likeness (QED) is 0.637. The summed E-state index contributed by atoms with van der Waals surface area (Å²) in [5.41, 5.74) is 0.409. The van der Waals surface area contributed by atoms with Crippen molar-refractivity contribution in [2.45, 2.75) is 6.92 Å². The normalized spacial score (nSPS) is 10.5. The predicted molar refractivity (Wildman–Crippen MR) is 58.8 cm³/mol. The van der Waals surface area contributed by atoms with Gasteiger partial charge in [0.15, 0.2) is 0 Å². The van der Waals surface area contributed by atoms with Gasteiger partial charge in [0.25, 0.3) is 0 Å². The maximum atomic E-state index is 11.0. The summed E-state index contributed by atoms with van der Waals surface area (Å²) < 4.78 is 4.69. The topological polar surface area (TPSA) is 46.5 Å². The fraction of sp³-hybridized carbons (Fsp3) is 0.182. The van der Waals surface area contributed by atoms with Gasteiger partial charge in [-0.2, -0.15) is 0 Å². The summed E-state index contributed by atoms with van der Waals surface area (Å²) in [6, 6.07) is 4.75. The van der Waals surface area contributed by atoms with Crippen LogP contribution in [0.2, 0.25) is 5.02 Å². The van der Waals surface area contributed by atoms with E-state index in [9.17, 15) is 9.90 Å². The Labute approximate surface area is 92.9 Å². The smallest absolute Gasteiger partial charge is 0.330 e. The van der Waals surface area contributed by atoms with Gasteiger partial charge >= 0.3 is 5.97 Å². The summed E-state index contributed by atoms with van der Waals surface area (Å²) in [5, 5.41) is 9.83. The molecule has 0 radical (unpaired) electrons. The zero-order valence-corrected chi connectivity index (χ0v) is 8.99. The number of rotatable bonds is 3. The van der Waals surface area contributed by atoms with Crippen LogP contribution >= 0.6 is 11.6 Å². The molecule has 0 saturated heterocycles. The molecule has 0 saturated carbocycles. The third kappa shape index (κ3) is 3.29. The maximum absolute atomic E-state index is 11.0. The second-order valence-corrected chi connectivity index (χ2v) is 3.17. The Morgan fingerprint density at radius 3 is 2.93 bits per heavy atom. The van der Waals surface area contributed by atoms with Crippen molar-refractivity contribution in [1.82, 2.24) is 0 Å². The van der Waals surface area contributed by atoms with Gasteiger partial charge < -0.3 is 9.84 Å². The van der Waals surface area contributed by atoms with Crippen molar-refractivity contribution in [3.63, 3.8) is 0 Å². The molecule has 0 aliphatic rings. The number of esters is 1. The first-order chi connectivity index (χ1) is 7.15. The molecule has 0 fully saturated rings. The molecule has 80 valence electrons. The summed E-state index contributed by atoms with van der Waals surface area (Å²) in [6.45, 7) is 2.04. The Hall–Kier alpha value is -1.48. The van der Waals surface area contributed by atoms with E-state index >= 15 is 0 Å². The highest BCUT2D eigenvalue weighted by Crippen LogP contribution is 2.26. The molecule has 3 nitrogen and oxygen atoms in total. The number of phenolic OH excluding ortho intramolecular Hbond substituents is 1. The molecule has 1 rings (SSSR count). The van der Waals surface area contributed by atoms with Crippen molar-refractivity contribution in [2.75, 3.05) is 6.61 Å². The van der Waals surface area contributed by atoms with E-state index in [4.69, 9.17) is 16.3 Å². The van der Waals surface area contributed by atoms with Crippen molar-refractivity contribution in [2.24, 2.45) is 0 Å². The highest BCUT2D eigenvalue weighted by atomic mass is 35.5. The Kier molecular flexibility index (Phi) is 4.18. The molecule has 15 heavy (non-hydrogen) atoms. The zero-order valence-electron chi connectivity index (χ0n) is 8.24. The van der Waals surface area contributed by atoms with Gasteiger partial charge in [0.1, 0.15) is 5.75 Å². The fourth-order valence-corrected chi connectivity index (χ4v) is 1.26. The molecule has 1 N–H and O–H groups in total. The largest absolute Gasteiger partial charge is 0.507 e. The first kappa shape index (κ1) is 11.6. The van der Waals surface area contributed by atoms with Crippen molar-refractivity contribution in [1.29, 1.82) is 0 Å². The van der Waals surface area contributed by atoms with E-state index < -0.39 is 5.97 Å². The molecule has 0 amide bonds. The number of benzene rings is 1. The monoisotopic (exact) mass is 226 g/mol. The van der Waals surface area contributed by atoms with Gasteiger partial charge in [-0.1, -0.05) is 17.7 Å². The molecular formula is C11H11ClO3.